The number of nitrogens with one attached hydrogen (secondary N) is 1. The first-order valence-corrected chi connectivity index (χ1v) is 7.40. The van der Waals surface area contributed by atoms with Gasteiger partial charge in [-0.15, -0.1) is 0 Å². The van der Waals surface area contributed by atoms with E-state index in [2.05, 4.69) is 47.0 Å². The Kier molecular flexibility index (Phi) is 6.11. The molecule has 1 fully saturated rings. The van der Waals surface area contributed by atoms with Crippen molar-refractivity contribution in [3.63, 3.8) is 0 Å². The lowest BCUT2D eigenvalue weighted by Gasteiger charge is -2.22. The molecule has 1 saturated heterocycles. The van der Waals surface area contributed by atoms with Gasteiger partial charge in [0.2, 0.25) is 5.95 Å². The Labute approximate surface area is 131 Å². The third kappa shape index (κ3) is 5.48. The number of hydrogen-bond donors (Lipinski definition) is 3. The largest absolute Gasteiger partial charge is 0.481 e. The Balaban J connectivity index is 0.000000541. The highest BCUT2D eigenvalue weighted by atomic mass is 16.4. The highest BCUT2D eigenvalue weighted by Gasteiger charge is 2.24. The van der Waals surface area contributed by atoms with Crippen LogP contribution in [0.1, 0.15) is 39.8 Å². The van der Waals surface area contributed by atoms with Crippen LogP contribution in [0.2, 0.25) is 0 Å². The fourth-order valence-electron chi connectivity index (χ4n) is 2.20. The number of rotatable bonds is 2. The highest BCUT2D eigenvalue weighted by Crippen LogP contribution is 2.26. The summed E-state index contributed by atoms with van der Waals surface area (Å²) in [4.78, 5) is 20.0. The number of aliphatic carboxylic acids is 1. The molecule has 0 aromatic carbocycles. The minimum absolute atomic E-state index is 0.00601. The summed E-state index contributed by atoms with van der Waals surface area (Å²) in [7, 11) is 2.00. The van der Waals surface area contributed by atoms with Crippen molar-refractivity contribution in [2.75, 3.05) is 30.8 Å². The normalized spacial score (nSPS) is 17.9. The third-order valence-corrected chi connectivity index (χ3v) is 3.42. The number of nitrogen functional groups attached to an aromatic ring is 1. The lowest BCUT2D eigenvalue weighted by molar-refractivity contribution is -0.134. The van der Waals surface area contributed by atoms with Gasteiger partial charge >= 0.3 is 0 Å². The molecule has 1 aliphatic rings. The van der Waals surface area contributed by atoms with Gasteiger partial charge in [0.05, 0.1) is 5.69 Å². The fourth-order valence-corrected chi connectivity index (χ4v) is 2.20. The van der Waals surface area contributed by atoms with Crippen LogP contribution in [-0.4, -0.2) is 47.2 Å². The van der Waals surface area contributed by atoms with Crippen molar-refractivity contribution in [2.24, 2.45) is 0 Å². The number of carbonyl (C=O) groups is 1. The predicted molar refractivity (Wildman–Crippen MR) is 88.1 cm³/mol. The Hall–Kier alpha value is -1.89. The molecule has 124 valence electrons. The Morgan fingerprint density at radius 1 is 1.45 bits per heavy atom. The van der Waals surface area contributed by atoms with Gasteiger partial charge in [-0.05, 0) is 13.5 Å². The summed E-state index contributed by atoms with van der Waals surface area (Å²) in [6.45, 7) is 9.50. The van der Waals surface area contributed by atoms with Crippen LogP contribution >= 0.6 is 0 Å². The zero-order valence-electron chi connectivity index (χ0n) is 14.1. The zero-order chi connectivity index (χ0) is 16.9. The summed E-state index contributed by atoms with van der Waals surface area (Å²) in [5.41, 5.74) is 6.82. The van der Waals surface area contributed by atoms with E-state index in [1.807, 2.05) is 7.05 Å². The third-order valence-electron chi connectivity index (χ3n) is 3.42. The Morgan fingerprint density at radius 3 is 2.50 bits per heavy atom. The van der Waals surface area contributed by atoms with Gasteiger partial charge < -0.3 is 21.1 Å². The first-order valence-electron chi connectivity index (χ1n) is 7.40. The molecule has 2 heterocycles. The predicted octanol–water partition coefficient (Wildman–Crippen LogP) is 1.25. The molecule has 1 unspecified atom stereocenters. The fraction of sp³-hybridized carbons (Fsp3) is 0.667. The molecule has 1 aromatic heterocycles. The number of anilines is 2. The molecular weight excluding hydrogens is 282 g/mol. The quantitative estimate of drug-likeness (QED) is 0.755. The molecule has 1 aromatic rings. The van der Waals surface area contributed by atoms with Gasteiger partial charge in [0, 0.05) is 37.5 Å². The standard InChI is InChI=1S/C13H23N5.C2H4O2/c1-13(2,3)10-7-11(17-12(14)16-10)18-6-5-9(8-18)15-4;1-2(3)4/h7,9,15H,5-6,8H2,1-4H3,(H2,14,16,17);1H3,(H,3,4). The summed E-state index contributed by atoms with van der Waals surface area (Å²) >= 11 is 0. The molecule has 4 N–H and O–H groups in total. The van der Waals surface area contributed by atoms with Crippen LogP contribution in [0.5, 0.6) is 0 Å². The van der Waals surface area contributed by atoms with Crippen LogP contribution in [0.15, 0.2) is 6.07 Å². The summed E-state index contributed by atoms with van der Waals surface area (Å²) < 4.78 is 0. The first-order chi connectivity index (χ1) is 10.1. The van der Waals surface area contributed by atoms with Crippen LogP contribution in [0, 0.1) is 0 Å². The molecule has 0 amide bonds. The van der Waals surface area contributed by atoms with E-state index < -0.39 is 5.97 Å². The number of nitrogens with two attached hydrogens (primary N) is 1. The lowest BCUT2D eigenvalue weighted by atomic mass is 9.92. The van der Waals surface area contributed by atoms with E-state index in [1.54, 1.807) is 0 Å². The van der Waals surface area contributed by atoms with E-state index in [0.717, 1.165) is 37.9 Å². The van der Waals surface area contributed by atoms with Gasteiger partial charge in [-0.3, -0.25) is 4.79 Å². The number of aromatic nitrogens is 2. The van der Waals surface area contributed by atoms with Crippen LogP contribution < -0.4 is 16.0 Å². The number of likely N-dealkylation sites (N-methyl/N-ethyl adjacent to an activating group) is 1. The molecule has 0 spiro atoms. The van der Waals surface area contributed by atoms with Crippen molar-refractivity contribution in [3.05, 3.63) is 11.8 Å². The van der Waals surface area contributed by atoms with Crippen molar-refractivity contribution in [2.45, 2.75) is 45.6 Å². The van der Waals surface area contributed by atoms with Crippen LogP contribution in [0.3, 0.4) is 0 Å². The van der Waals surface area contributed by atoms with Gasteiger partial charge in [-0.2, -0.15) is 4.98 Å². The number of carboxylic acid groups (broad SMARTS) is 1. The van der Waals surface area contributed by atoms with Crippen LogP contribution in [0.25, 0.3) is 0 Å². The minimum Gasteiger partial charge on any atom is -0.481 e. The van der Waals surface area contributed by atoms with Crippen molar-refractivity contribution in [1.82, 2.24) is 15.3 Å². The van der Waals surface area contributed by atoms with Crippen LogP contribution in [-0.2, 0) is 10.2 Å². The van der Waals surface area contributed by atoms with E-state index in [0.29, 0.717) is 12.0 Å². The molecule has 0 radical (unpaired) electrons. The summed E-state index contributed by atoms with van der Waals surface area (Å²) in [6, 6.07) is 2.60. The lowest BCUT2D eigenvalue weighted by Crippen LogP contribution is -2.30. The van der Waals surface area contributed by atoms with Crippen molar-refractivity contribution < 1.29 is 9.90 Å². The molecule has 22 heavy (non-hydrogen) atoms. The van der Waals surface area contributed by atoms with Gasteiger partial charge in [0.15, 0.2) is 0 Å². The van der Waals surface area contributed by atoms with E-state index in [-0.39, 0.29) is 5.41 Å². The Bertz CT molecular complexity index is 509. The second-order valence-electron chi connectivity index (χ2n) is 6.46. The van der Waals surface area contributed by atoms with E-state index in [4.69, 9.17) is 15.6 Å². The summed E-state index contributed by atoms with van der Waals surface area (Å²) in [6.07, 6.45) is 1.14. The second kappa shape index (κ2) is 7.40. The molecule has 2 rings (SSSR count). The summed E-state index contributed by atoms with van der Waals surface area (Å²) in [5.74, 6) is 0.482. The SMILES string of the molecule is CC(=O)O.CNC1CCN(c2cc(C(C)(C)C)nc(N)n2)C1. The molecular formula is C15H27N5O2. The van der Waals surface area contributed by atoms with Crippen molar-refractivity contribution in [1.29, 1.82) is 0 Å². The minimum atomic E-state index is -0.833. The van der Waals surface area contributed by atoms with Crippen molar-refractivity contribution in [3.8, 4) is 0 Å². The average Bonchev–Trinajstić information content (AvgIpc) is 2.85. The summed E-state index contributed by atoms with van der Waals surface area (Å²) in [5, 5.41) is 10.7. The molecule has 0 bridgehead atoms. The molecule has 7 nitrogen and oxygen atoms in total. The maximum absolute atomic E-state index is 9.00. The van der Waals surface area contributed by atoms with Crippen molar-refractivity contribution >= 4 is 17.7 Å². The number of nitrogens with zero attached hydrogens (tertiary/aromatic N) is 3. The van der Waals surface area contributed by atoms with Gasteiger partial charge in [-0.1, -0.05) is 20.8 Å². The monoisotopic (exact) mass is 309 g/mol. The van der Waals surface area contributed by atoms with E-state index >= 15 is 0 Å². The molecule has 0 aliphatic carbocycles. The molecule has 1 aliphatic heterocycles. The highest BCUT2D eigenvalue weighted by molar-refractivity contribution is 5.62. The topological polar surface area (TPSA) is 104 Å². The Morgan fingerprint density at radius 2 is 2.05 bits per heavy atom. The van der Waals surface area contributed by atoms with Crippen LogP contribution in [0.4, 0.5) is 11.8 Å². The second-order valence-corrected chi connectivity index (χ2v) is 6.46. The van der Waals surface area contributed by atoms with E-state index in [9.17, 15) is 0 Å². The molecule has 0 saturated carbocycles. The number of carboxylic acids is 1. The van der Waals surface area contributed by atoms with Gasteiger partial charge in [-0.25, -0.2) is 4.98 Å². The molecule has 1 atom stereocenters. The van der Waals surface area contributed by atoms with Gasteiger partial charge in [0.1, 0.15) is 5.82 Å². The number of hydrogen-bond acceptors (Lipinski definition) is 6. The average molecular weight is 309 g/mol. The maximum Gasteiger partial charge on any atom is 0.300 e. The smallest absolute Gasteiger partial charge is 0.300 e. The first kappa shape index (κ1) is 18.2. The molecule has 7 heteroatoms. The van der Waals surface area contributed by atoms with E-state index in [1.165, 1.54) is 0 Å². The maximum atomic E-state index is 9.00. The van der Waals surface area contributed by atoms with Gasteiger partial charge in [0.25, 0.3) is 5.97 Å². The zero-order valence-corrected chi connectivity index (χ0v) is 14.1.